The number of hydrazine groups is 1. The lowest BCUT2D eigenvalue weighted by atomic mass is 9.49. The Kier molecular flexibility index (Phi) is 4.84. The van der Waals surface area contributed by atoms with Crippen molar-refractivity contribution in [2.24, 2.45) is 23.2 Å². The van der Waals surface area contributed by atoms with Gasteiger partial charge in [-0.2, -0.15) is 0 Å². The van der Waals surface area contributed by atoms with Gasteiger partial charge >= 0.3 is 0 Å². The molecule has 0 heterocycles. The summed E-state index contributed by atoms with van der Waals surface area (Å²) in [7, 11) is 0. The van der Waals surface area contributed by atoms with Crippen LogP contribution in [0.1, 0.15) is 48.9 Å². The highest BCUT2D eigenvalue weighted by atomic mass is 35.5. The van der Waals surface area contributed by atoms with Gasteiger partial charge in [0.1, 0.15) is 0 Å². The van der Waals surface area contributed by atoms with Crippen LogP contribution in [0.2, 0.25) is 5.02 Å². The lowest BCUT2D eigenvalue weighted by molar-refractivity contribution is -0.148. The van der Waals surface area contributed by atoms with E-state index < -0.39 is 11.8 Å². The minimum atomic E-state index is -0.464. The van der Waals surface area contributed by atoms with Gasteiger partial charge in [-0.15, -0.1) is 0 Å². The Morgan fingerprint density at radius 1 is 0.963 bits per heavy atom. The van der Waals surface area contributed by atoms with E-state index in [0.29, 0.717) is 28.3 Å². The summed E-state index contributed by atoms with van der Waals surface area (Å²) in [5.41, 5.74) is 5.03. The number of hydrogen-bond acceptors (Lipinski definition) is 3. The Hall–Kier alpha value is -2.08. The zero-order valence-corrected chi connectivity index (χ0v) is 15.8. The van der Waals surface area contributed by atoms with Gasteiger partial charge < -0.3 is 5.32 Å². The molecule has 0 atom stereocenters. The van der Waals surface area contributed by atoms with E-state index in [1.807, 2.05) is 0 Å². The van der Waals surface area contributed by atoms with Crippen LogP contribution < -0.4 is 16.2 Å². The third kappa shape index (κ3) is 3.68. The molecule has 0 radical (unpaired) electrons. The molecule has 3 N–H and O–H groups in total. The molecule has 7 heteroatoms. The van der Waals surface area contributed by atoms with Crippen LogP contribution in [0.5, 0.6) is 0 Å². The molecule has 0 unspecified atom stereocenters. The predicted molar refractivity (Wildman–Crippen MR) is 101 cm³/mol. The summed E-state index contributed by atoms with van der Waals surface area (Å²) < 4.78 is 0. The van der Waals surface area contributed by atoms with Crippen molar-refractivity contribution in [2.75, 3.05) is 6.54 Å². The third-order valence-electron chi connectivity index (χ3n) is 6.36. The molecule has 27 heavy (non-hydrogen) atoms. The molecule has 4 saturated carbocycles. The summed E-state index contributed by atoms with van der Waals surface area (Å²) in [6.45, 7) is -0.231. The number of nitrogens with one attached hydrogen (secondary N) is 3. The predicted octanol–water partition coefficient (Wildman–Crippen LogP) is 2.43. The fraction of sp³-hybridized carbons (Fsp3) is 0.550. The Bertz CT molecular complexity index is 744. The van der Waals surface area contributed by atoms with Gasteiger partial charge in [0.05, 0.1) is 22.5 Å². The Morgan fingerprint density at radius 3 is 2.15 bits per heavy atom. The first-order valence-electron chi connectivity index (χ1n) is 9.57. The molecule has 4 aliphatic rings. The SMILES string of the molecule is O=C(CNC(=O)c1ccccc1Cl)NNC(=O)C12CC3CC(CC(C3)C1)C2. The maximum atomic E-state index is 12.8. The van der Waals surface area contributed by atoms with E-state index in [4.69, 9.17) is 11.6 Å². The molecule has 4 aliphatic carbocycles. The van der Waals surface area contributed by atoms with E-state index in [1.165, 1.54) is 19.3 Å². The van der Waals surface area contributed by atoms with Crippen LogP contribution in [0.25, 0.3) is 0 Å². The van der Waals surface area contributed by atoms with Gasteiger partial charge in [0.15, 0.2) is 0 Å². The zero-order chi connectivity index (χ0) is 19.0. The summed E-state index contributed by atoms with van der Waals surface area (Å²) in [5.74, 6) is 1.01. The average molecular weight is 390 g/mol. The number of rotatable bonds is 4. The average Bonchev–Trinajstić information content (AvgIpc) is 2.63. The third-order valence-corrected chi connectivity index (χ3v) is 6.69. The number of benzene rings is 1. The van der Waals surface area contributed by atoms with E-state index in [2.05, 4.69) is 16.2 Å². The molecule has 0 aliphatic heterocycles. The van der Waals surface area contributed by atoms with Crippen LogP contribution >= 0.6 is 11.6 Å². The first-order chi connectivity index (χ1) is 12.9. The van der Waals surface area contributed by atoms with E-state index >= 15 is 0 Å². The lowest BCUT2D eigenvalue weighted by Crippen LogP contribution is -2.57. The molecule has 0 spiro atoms. The highest BCUT2D eigenvalue weighted by molar-refractivity contribution is 6.33. The first-order valence-corrected chi connectivity index (χ1v) is 9.95. The second-order valence-electron chi connectivity index (χ2n) is 8.36. The topological polar surface area (TPSA) is 87.3 Å². The molecule has 0 aromatic heterocycles. The largest absolute Gasteiger partial charge is 0.343 e. The maximum absolute atomic E-state index is 12.8. The maximum Gasteiger partial charge on any atom is 0.257 e. The summed E-state index contributed by atoms with van der Waals surface area (Å²) in [6, 6.07) is 6.63. The van der Waals surface area contributed by atoms with Gasteiger partial charge in [0, 0.05) is 0 Å². The minimum absolute atomic E-state index is 0.0765. The van der Waals surface area contributed by atoms with Gasteiger partial charge in [-0.1, -0.05) is 23.7 Å². The van der Waals surface area contributed by atoms with Crippen LogP contribution in [-0.2, 0) is 9.59 Å². The smallest absolute Gasteiger partial charge is 0.257 e. The summed E-state index contributed by atoms with van der Waals surface area (Å²) >= 11 is 5.97. The fourth-order valence-corrected chi connectivity index (χ4v) is 5.81. The minimum Gasteiger partial charge on any atom is -0.343 e. The number of carbonyl (C=O) groups is 3. The monoisotopic (exact) mass is 389 g/mol. The van der Waals surface area contributed by atoms with Crippen LogP contribution in [0.3, 0.4) is 0 Å². The zero-order valence-electron chi connectivity index (χ0n) is 15.1. The first kappa shape index (κ1) is 18.3. The van der Waals surface area contributed by atoms with Crippen LogP contribution in [-0.4, -0.2) is 24.3 Å². The molecule has 3 amide bonds. The van der Waals surface area contributed by atoms with E-state index in [1.54, 1.807) is 24.3 Å². The van der Waals surface area contributed by atoms with Crippen molar-refractivity contribution < 1.29 is 14.4 Å². The number of carbonyl (C=O) groups excluding carboxylic acids is 3. The molecule has 6 nitrogen and oxygen atoms in total. The molecular weight excluding hydrogens is 366 g/mol. The molecule has 4 fully saturated rings. The summed E-state index contributed by atoms with van der Waals surface area (Å²) in [4.78, 5) is 36.9. The fourth-order valence-electron chi connectivity index (χ4n) is 5.59. The van der Waals surface area contributed by atoms with Crippen molar-refractivity contribution in [2.45, 2.75) is 38.5 Å². The number of halogens is 1. The quantitative estimate of drug-likeness (QED) is 0.691. The normalized spacial score (nSPS) is 30.6. The Morgan fingerprint density at radius 2 is 1.56 bits per heavy atom. The second-order valence-corrected chi connectivity index (χ2v) is 8.77. The van der Waals surface area contributed by atoms with Gasteiger partial charge in [-0.3, -0.25) is 25.2 Å². The van der Waals surface area contributed by atoms with Crippen molar-refractivity contribution in [3.05, 3.63) is 34.9 Å². The van der Waals surface area contributed by atoms with Crippen molar-refractivity contribution in [3.63, 3.8) is 0 Å². The number of amides is 3. The molecule has 144 valence electrons. The van der Waals surface area contributed by atoms with Crippen molar-refractivity contribution in [1.29, 1.82) is 0 Å². The molecule has 4 bridgehead atoms. The molecule has 0 saturated heterocycles. The highest BCUT2D eigenvalue weighted by Gasteiger charge is 2.54. The van der Waals surface area contributed by atoms with Gasteiger partial charge in [0.2, 0.25) is 5.91 Å². The summed E-state index contributed by atoms with van der Waals surface area (Å²) in [5, 5.41) is 2.84. The van der Waals surface area contributed by atoms with Crippen LogP contribution in [0.15, 0.2) is 24.3 Å². The van der Waals surface area contributed by atoms with Crippen molar-refractivity contribution >= 4 is 29.3 Å². The Balaban J connectivity index is 1.27. The standard InChI is InChI=1S/C20H24ClN3O3/c21-16-4-2-1-3-15(16)18(26)22-11-17(25)23-24-19(27)20-8-12-5-13(9-20)7-14(6-12)10-20/h1-4,12-14H,5-11H2,(H,22,26)(H,23,25)(H,24,27). The molecular formula is C20H24ClN3O3. The van der Waals surface area contributed by atoms with Crippen molar-refractivity contribution in [1.82, 2.24) is 16.2 Å². The van der Waals surface area contributed by atoms with Crippen molar-refractivity contribution in [3.8, 4) is 0 Å². The van der Waals surface area contributed by atoms with E-state index in [0.717, 1.165) is 19.3 Å². The molecule has 1 aromatic carbocycles. The lowest BCUT2D eigenvalue weighted by Gasteiger charge is -2.55. The highest BCUT2D eigenvalue weighted by Crippen LogP contribution is 2.59. The Labute approximate surface area is 163 Å². The van der Waals surface area contributed by atoms with E-state index in [-0.39, 0.29) is 17.9 Å². The van der Waals surface area contributed by atoms with Crippen LogP contribution in [0, 0.1) is 23.2 Å². The molecule has 5 rings (SSSR count). The number of hydrogen-bond donors (Lipinski definition) is 3. The van der Waals surface area contributed by atoms with Crippen LogP contribution in [0.4, 0.5) is 0 Å². The van der Waals surface area contributed by atoms with E-state index in [9.17, 15) is 14.4 Å². The summed E-state index contributed by atoms with van der Waals surface area (Å²) in [6.07, 6.45) is 6.57. The van der Waals surface area contributed by atoms with Gasteiger partial charge in [-0.25, -0.2) is 0 Å². The van der Waals surface area contributed by atoms with Gasteiger partial charge in [0.25, 0.3) is 11.8 Å². The van der Waals surface area contributed by atoms with Gasteiger partial charge in [-0.05, 0) is 68.4 Å². The second kappa shape index (κ2) is 7.15. The molecule has 1 aromatic rings.